The summed E-state index contributed by atoms with van der Waals surface area (Å²) in [5.41, 5.74) is 15.7. The zero-order valence-electron chi connectivity index (χ0n) is 20.5. The van der Waals surface area contributed by atoms with Gasteiger partial charge in [-0.1, -0.05) is 50.3 Å². The Bertz CT molecular complexity index is 1450. The summed E-state index contributed by atoms with van der Waals surface area (Å²) in [4.78, 5) is 31.0. The molecule has 0 spiro atoms. The van der Waals surface area contributed by atoms with E-state index >= 15 is 0 Å². The minimum Gasteiger partial charge on any atom is -0.387 e. The van der Waals surface area contributed by atoms with Crippen LogP contribution in [-0.4, -0.2) is 45.4 Å². The molecular formula is C27H30N6O2S. The van der Waals surface area contributed by atoms with E-state index in [2.05, 4.69) is 23.9 Å². The Morgan fingerprint density at radius 2 is 1.78 bits per heavy atom. The number of nitrogens with two attached hydrogens (primary N) is 2. The van der Waals surface area contributed by atoms with Gasteiger partial charge in [0.25, 0.3) is 0 Å². The van der Waals surface area contributed by atoms with E-state index in [9.17, 15) is 9.59 Å². The summed E-state index contributed by atoms with van der Waals surface area (Å²) >= 11 is 5.49. The van der Waals surface area contributed by atoms with Crippen molar-refractivity contribution in [3.8, 4) is 11.1 Å². The van der Waals surface area contributed by atoms with E-state index in [-0.39, 0.29) is 12.5 Å². The zero-order chi connectivity index (χ0) is 25.8. The largest absolute Gasteiger partial charge is 0.387 e. The average molecular weight is 503 g/mol. The molecule has 2 amide bonds. The van der Waals surface area contributed by atoms with Gasteiger partial charge in [-0.2, -0.15) is 5.10 Å². The Morgan fingerprint density at radius 3 is 2.47 bits per heavy atom. The summed E-state index contributed by atoms with van der Waals surface area (Å²) in [6.45, 7) is 5.52. The molecule has 186 valence electrons. The number of hydrogen-bond acceptors (Lipinski definition) is 6. The topological polar surface area (TPSA) is 120 Å². The van der Waals surface area contributed by atoms with E-state index in [1.165, 1.54) is 4.68 Å². The number of fused-ring (bicyclic) bond motifs is 2. The van der Waals surface area contributed by atoms with Crippen LogP contribution >= 0.6 is 12.2 Å². The molecule has 0 radical (unpaired) electrons. The van der Waals surface area contributed by atoms with Gasteiger partial charge in [0.15, 0.2) is 0 Å². The highest BCUT2D eigenvalue weighted by molar-refractivity contribution is 7.71. The normalized spacial score (nSPS) is 12.9. The molecule has 0 saturated heterocycles. The molecule has 0 bridgehead atoms. The third-order valence-electron chi connectivity index (χ3n) is 6.04. The highest BCUT2D eigenvalue weighted by atomic mass is 32.1. The van der Waals surface area contributed by atoms with Gasteiger partial charge in [-0.25, -0.2) is 9.67 Å². The number of aromatic nitrogens is 2. The van der Waals surface area contributed by atoms with E-state index in [1.54, 1.807) is 6.20 Å². The molecule has 2 heterocycles. The number of amides is 2. The predicted octanol–water partition coefficient (Wildman–Crippen LogP) is 4.34. The quantitative estimate of drug-likeness (QED) is 0.444. The van der Waals surface area contributed by atoms with Crippen molar-refractivity contribution < 1.29 is 9.59 Å². The van der Waals surface area contributed by atoms with Crippen molar-refractivity contribution in [2.45, 2.75) is 39.7 Å². The number of benzene rings is 2. The summed E-state index contributed by atoms with van der Waals surface area (Å²) in [6.07, 6.45) is 5.72. The number of hydrogen-bond donors (Lipinski definition) is 2. The van der Waals surface area contributed by atoms with Gasteiger partial charge in [0.05, 0.1) is 11.9 Å². The van der Waals surface area contributed by atoms with E-state index in [1.807, 2.05) is 47.4 Å². The van der Waals surface area contributed by atoms with Gasteiger partial charge in [-0.15, -0.1) is 0 Å². The molecule has 1 aromatic heterocycles. The lowest BCUT2D eigenvalue weighted by Crippen LogP contribution is -2.34. The fourth-order valence-corrected chi connectivity index (χ4v) is 4.69. The smallest absolute Gasteiger partial charge is 0.250 e. The number of aliphatic imine (C=N–C) groups is 1. The van der Waals surface area contributed by atoms with E-state index in [4.69, 9.17) is 23.7 Å². The van der Waals surface area contributed by atoms with Crippen LogP contribution < -0.4 is 11.5 Å². The van der Waals surface area contributed by atoms with Crippen molar-refractivity contribution in [3.63, 3.8) is 0 Å². The Morgan fingerprint density at radius 1 is 1.08 bits per heavy atom. The number of rotatable bonds is 8. The molecule has 9 heteroatoms. The first-order chi connectivity index (χ1) is 17.3. The molecule has 0 fully saturated rings. The second-order valence-corrected chi connectivity index (χ2v) is 9.28. The zero-order valence-corrected chi connectivity index (χ0v) is 21.3. The molecule has 0 saturated carbocycles. The van der Waals surface area contributed by atoms with E-state index < -0.39 is 5.91 Å². The van der Waals surface area contributed by atoms with Gasteiger partial charge in [0, 0.05) is 41.4 Å². The van der Waals surface area contributed by atoms with Crippen LogP contribution in [0.25, 0.3) is 28.0 Å². The molecule has 0 atom stereocenters. The Balaban J connectivity index is 1.70. The summed E-state index contributed by atoms with van der Waals surface area (Å²) < 4.78 is 1.88. The fraction of sp³-hybridized carbons (Fsp3) is 0.296. The molecule has 36 heavy (non-hydrogen) atoms. The highest BCUT2D eigenvalue weighted by Crippen LogP contribution is 2.33. The van der Waals surface area contributed by atoms with Crippen LogP contribution in [0.2, 0.25) is 0 Å². The molecule has 1 aliphatic heterocycles. The number of nitrogens with zero attached hydrogens (tertiary/aromatic N) is 4. The minimum absolute atomic E-state index is 0.0177. The van der Waals surface area contributed by atoms with Gasteiger partial charge in [-0.05, 0) is 42.2 Å². The molecule has 0 unspecified atom stereocenters. The van der Waals surface area contributed by atoms with Crippen molar-refractivity contribution in [2.24, 2.45) is 16.5 Å². The first-order valence-electron chi connectivity index (χ1n) is 12.1. The van der Waals surface area contributed by atoms with Crippen LogP contribution in [0.5, 0.6) is 0 Å². The molecule has 1 aliphatic rings. The maximum Gasteiger partial charge on any atom is 0.250 e. The first kappa shape index (κ1) is 25.2. The van der Waals surface area contributed by atoms with Crippen LogP contribution in [0.4, 0.5) is 5.69 Å². The molecule has 4 N–H and O–H groups in total. The number of primary amides is 1. The SMILES string of the molecule is CCCN(CCC)C(=O)C1=Cc2ccc(-c3ccc4c(=S)n(CC(N)=O)ncc4c3)cc2N=C(N)C1. The monoisotopic (exact) mass is 502 g/mol. The first-order valence-corrected chi connectivity index (χ1v) is 12.5. The van der Waals surface area contributed by atoms with Crippen LogP contribution in [0.3, 0.4) is 0 Å². The lowest BCUT2D eigenvalue weighted by atomic mass is 9.99. The molecule has 3 aromatic rings. The molecule has 4 rings (SSSR count). The minimum atomic E-state index is -0.498. The van der Waals surface area contributed by atoms with Crippen molar-refractivity contribution in [1.82, 2.24) is 14.7 Å². The molecule has 8 nitrogen and oxygen atoms in total. The number of amidine groups is 1. The van der Waals surface area contributed by atoms with Gasteiger partial charge in [0.2, 0.25) is 11.8 Å². The van der Waals surface area contributed by atoms with Crippen molar-refractivity contribution in [2.75, 3.05) is 13.1 Å². The standard InChI is InChI=1S/C27H30N6O2S/c1-3-9-32(10-4-2)26(35)20-12-19-6-5-18(13-23(19)31-24(28)14-20)17-7-8-22-21(11-17)15-30-33(27(22)36)16-25(29)34/h5-8,11-13,15H,3-4,9-10,14,16H2,1-2H3,(H2,28,31)(H2,29,34). The maximum atomic E-state index is 13.2. The summed E-state index contributed by atoms with van der Waals surface area (Å²) in [5, 5.41) is 5.94. The van der Waals surface area contributed by atoms with Crippen molar-refractivity contribution in [3.05, 3.63) is 58.4 Å². The van der Waals surface area contributed by atoms with Gasteiger partial charge in [0.1, 0.15) is 17.0 Å². The molecule has 0 aliphatic carbocycles. The predicted molar refractivity (Wildman–Crippen MR) is 146 cm³/mol. The van der Waals surface area contributed by atoms with E-state index in [0.29, 0.717) is 22.5 Å². The summed E-state index contributed by atoms with van der Waals surface area (Å²) in [6, 6.07) is 11.8. The van der Waals surface area contributed by atoms with Crippen molar-refractivity contribution >= 4 is 52.4 Å². The van der Waals surface area contributed by atoms with Crippen LogP contribution in [0.15, 0.2) is 53.2 Å². The third-order valence-corrected chi connectivity index (χ3v) is 6.47. The van der Waals surface area contributed by atoms with Crippen molar-refractivity contribution in [1.29, 1.82) is 0 Å². The Hall–Kier alpha value is -3.85. The second-order valence-electron chi connectivity index (χ2n) is 8.89. The van der Waals surface area contributed by atoms with Crippen LogP contribution in [0.1, 0.15) is 38.7 Å². The molecule has 2 aromatic carbocycles. The number of carbonyl (C=O) groups is 2. The Kier molecular flexibility index (Phi) is 7.59. The third kappa shape index (κ3) is 5.36. The number of carbonyl (C=O) groups excluding carboxylic acids is 2. The van der Waals surface area contributed by atoms with Gasteiger partial charge in [-0.3, -0.25) is 9.59 Å². The second kappa shape index (κ2) is 10.8. The highest BCUT2D eigenvalue weighted by Gasteiger charge is 2.21. The summed E-state index contributed by atoms with van der Waals surface area (Å²) in [5.74, 6) is -0.0678. The lowest BCUT2D eigenvalue weighted by molar-refractivity contribution is -0.127. The maximum absolute atomic E-state index is 13.2. The van der Waals surface area contributed by atoms with Crippen LogP contribution in [0, 0.1) is 4.64 Å². The average Bonchev–Trinajstić information content (AvgIpc) is 3.02. The fourth-order valence-electron chi connectivity index (χ4n) is 4.39. The van der Waals surface area contributed by atoms with E-state index in [0.717, 1.165) is 59.1 Å². The lowest BCUT2D eigenvalue weighted by Gasteiger charge is -2.22. The van der Waals surface area contributed by atoms with Gasteiger partial charge < -0.3 is 16.4 Å². The van der Waals surface area contributed by atoms with Crippen LogP contribution in [-0.2, 0) is 16.1 Å². The Labute approximate surface area is 215 Å². The molecular weight excluding hydrogens is 472 g/mol. The van der Waals surface area contributed by atoms with Gasteiger partial charge >= 0.3 is 0 Å². The summed E-state index contributed by atoms with van der Waals surface area (Å²) in [7, 11) is 0.